The van der Waals surface area contributed by atoms with Gasteiger partial charge < -0.3 is 9.47 Å². The van der Waals surface area contributed by atoms with Crippen molar-refractivity contribution in [1.29, 1.82) is 0 Å². The summed E-state index contributed by atoms with van der Waals surface area (Å²) < 4.78 is 11.4. The van der Waals surface area contributed by atoms with Gasteiger partial charge >= 0.3 is 0 Å². The van der Waals surface area contributed by atoms with Crippen LogP contribution in [0.25, 0.3) is 6.08 Å². The van der Waals surface area contributed by atoms with E-state index < -0.39 is 0 Å². The summed E-state index contributed by atoms with van der Waals surface area (Å²) in [5.41, 5.74) is 1.70. The number of ether oxygens (including phenoxy) is 2. The molecule has 1 amide bonds. The van der Waals surface area contributed by atoms with E-state index in [2.05, 4.69) is 9.98 Å². The van der Waals surface area contributed by atoms with Crippen molar-refractivity contribution in [2.24, 2.45) is 4.99 Å². The summed E-state index contributed by atoms with van der Waals surface area (Å²) in [5.74, 6) is 1.59. The molecule has 2 aromatic carbocycles. The number of amides is 1. The molecule has 0 radical (unpaired) electrons. The number of methoxy groups -OCH3 is 1. The van der Waals surface area contributed by atoms with Gasteiger partial charge in [0.2, 0.25) is 0 Å². The number of carbonyl (C=O) groups excluding carboxylic acids is 1. The molecule has 0 unspecified atom stereocenters. The SMILES string of the molecule is COc1cc(/C=C2\S/C(=N/c3ccccn3)N(C)C2=O)ccc1OCc1ccccc1Cl. The minimum Gasteiger partial charge on any atom is -0.493 e. The first-order chi connectivity index (χ1) is 15.5. The Bertz CT molecular complexity index is 1200. The molecular weight excluding hydrogens is 446 g/mol. The number of carbonyl (C=O) groups is 1. The summed E-state index contributed by atoms with van der Waals surface area (Å²) in [6.07, 6.45) is 3.48. The lowest BCUT2D eigenvalue weighted by Crippen LogP contribution is -2.23. The Morgan fingerprint density at radius 1 is 1.12 bits per heavy atom. The Kier molecular flexibility index (Phi) is 6.78. The lowest BCUT2D eigenvalue weighted by molar-refractivity contribution is -0.121. The number of rotatable bonds is 6. The van der Waals surface area contributed by atoms with Crippen molar-refractivity contribution in [1.82, 2.24) is 9.88 Å². The van der Waals surface area contributed by atoms with E-state index in [1.54, 1.807) is 26.4 Å². The number of hydrogen-bond acceptors (Lipinski definition) is 6. The maximum absolute atomic E-state index is 12.7. The third-order valence-corrected chi connectivity index (χ3v) is 6.12. The van der Waals surface area contributed by atoms with E-state index in [1.165, 1.54) is 16.7 Å². The third kappa shape index (κ3) is 4.95. The Balaban J connectivity index is 1.53. The van der Waals surface area contributed by atoms with Gasteiger partial charge in [-0.25, -0.2) is 9.98 Å². The van der Waals surface area contributed by atoms with Crippen molar-refractivity contribution in [3.63, 3.8) is 0 Å². The molecule has 1 aliphatic heterocycles. The quantitative estimate of drug-likeness (QED) is 0.446. The summed E-state index contributed by atoms with van der Waals surface area (Å²) in [7, 11) is 3.28. The van der Waals surface area contributed by atoms with Gasteiger partial charge in [0.05, 0.1) is 12.0 Å². The van der Waals surface area contributed by atoms with Crippen LogP contribution in [0.3, 0.4) is 0 Å². The molecule has 162 valence electrons. The van der Waals surface area contributed by atoms with E-state index in [9.17, 15) is 4.79 Å². The highest BCUT2D eigenvalue weighted by molar-refractivity contribution is 8.18. The average molecular weight is 466 g/mol. The number of nitrogens with zero attached hydrogens (tertiary/aromatic N) is 3. The number of thioether (sulfide) groups is 1. The first kappa shape index (κ1) is 21.9. The lowest BCUT2D eigenvalue weighted by Gasteiger charge is -2.12. The van der Waals surface area contributed by atoms with Crippen LogP contribution in [0.15, 0.2) is 76.8 Å². The van der Waals surface area contributed by atoms with Crippen LogP contribution in [0, 0.1) is 0 Å². The number of hydrogen-bond donors (Lipinski definition) is 0. The second-order valence-corrected chi connectivity index (χ2v) is 8.26. The van der Waals surface area contributed by atoms with Crippen LogP contribution in [-0.2, 0) is 11.4 Å². The van der Waals surface area contributed by atoms with Crippen molar-refractivity contribution < 1.29 is 14.3 Å². The van der Waals surface area contributed by atoms with Crippen LogP contribution in [0.5, 0.6) is 11.5 Å². The average Bonchev–Trinajstić information content (AvgIpc) is 3.07. The highest BCUT2D eigenvalue weighted by Crippen LogP contribution is 2.35. The largest absolute Gasteiger partial charge is 0.493 e. The fraction of sp³-hybridized carbons (Fsp3) is 0.125. The molecular formula is C24H20ClN3O3S. The molecule has 4 rings (SSSR count). The normalized spacial score (nSPS) is 16.1. The van der Waals surface area contributed by atoms with Crippen LogP contribution in [0.2, 0.25) is 5.02 Å². The Labute approximate surface area is 195 Å². The van der Waals surface area contributed by atoms with Crippen LogP contribution in [0.4, 0.5) is 5.82 Å². The highest BCUT2D eigenvalue weighted by atomic mass is 35.5. The van der Waals surface area contributed by atoms with E-state index >= 15 is 0 Å². The van der Waals surface area contributed by atoms with Gasteiger partial charge in [0.15, 0.2) is 22.5 Å². The van der Waals surface area contributed by atoms with E-state index in [0.29, 0.717) is 39.0 Å². The smallest absolute Gasteiger partial charge is 0.266 e. The molecule has 1 aromatic heterocycles. The first-order valence-corrected chi connectivity index (χ1v) is 11.0. The van der Waals surface area contributed by atoms with E-state index in [0.717, 1.165) is 11.1 Å². The van der Waals surface area contributed by atoms with Crippen molar-refractivity contribution in [3.05, 3.63) is 87.9 Å². The number of pyridine rings is 1. The number of amidine groups is 1. The summed E-state index contributed by atoms with van der Waals surface area (Å²) in [6, 6.07) is 18.5. The van der Waals surface area contributed by atoms with Crippen LogP contribution in [0.1, 0.15) is 11.1 Å². The Morgan fingerprint density at radius 2 is 1.94 bits per heavy atom. The molecule has 0 spiro atoms. The summed E-state index contributed by atoms with van der Waals surface area (Å²) >= 11 is 7.51. The number of halogens is 1. The summed E-state index contributed by atoms with van der Waals surface area (Å²) in [4.78, 5) is 23.4. The van der Waals surface area contributed by atoms with Gasteiger partial charge in [0.25, 0.3) is 5.91 Å². The summed E-state index contributed by atoms with van der Waals surface area (Å²) in [6.45, 7) is 0.322. The van der Waals surface area contributed by atoms with Gasteiger partial charge in [-0.3, -0.25) is 9.69 Å². The van der Waals surface area contributed by atoms with E-state index in [4.69, 9.17) is 21.1 Å². The monoisotopic (exact) mass is 465 g/mol. The first-order valence-electron chi connectivity index (χ1n) is 9.76. The maximum atomic E-state index is 12.7. The Hall–Kier alpha value is -3.29. The van der Waals surface area contributed by atoms with Crippen molar-refractivity contribution in [2.45, 2.75) is 6.61 Å². The fourth-order valence-corrected chi connectivity index (χ4v) is 4.15. The second-order valence-electron chi connectivity index (χ2n) is 6.85. The minimum atomic E-state index is -0.123. The van der Waals surface area contributed by atoms with Gasteiger partial charge in [-0.15, -0.1) is 0 Å². The standard InChI is InChI=1S/C24H20ClN3O3S/c1-28-23(29)21(32-24(28)27-22-9-5-6-12-26-22)14-16-10-11-19(20(13-16)30-2)31-15-17-7-3-4-8-18(17)25/h3-14H,15H2,1-2H3/b21-14-,27-24+. The predicted molar refractivity (Wildman–Crippen MR) is 128 cm³/mol. The molecule has 2 heterocycles. The molecule has 0 atom stereocenters. The number of likely N-dealkylation sites (N-methyl/N-ethyl adjacent to an activating group) is 1. The molecule has 0 aliphatic carbocycles. The maximum Gasteiger partial charge on any atom is 0.266 e. The zero-order valence-electron chi connectivity index (χ0n) is 17.5. The summed E-state index contributed by atoms with van der Waals surface area (Å²) in [5, 5.41) is 1.23. The fourth-order valence-electron chi connectivity index (χ4n) is 2.99. The molecule has 1 aliphatic rings. The van der Waals surface area contributed by atoms with Crippen LogP contribution in [-0.4, -0.2) is 35.1 Å². The third-order valence-electron chi connectivity index (χ3n) is 4.69. The van der Waals surface area contributed by atoms with Crippen molar-refractivity contribution in [3.8, 4) is 11.5 Å². The highest BCUT2D eigenvalue weighted by Gasteiger charge is 2.30. The van der Waals surface area contributed by atoms with E-state index in [1.807, 2.05) is 60.7 Å². The lowest BCUT2D eigenvalue weighted by atomic mass is 10.2. The van der Waals surface area contributed by atoms with Crippen LogP contribution < -0.4 is 9.47 Å². The van der Waals surface area contributed by atoms with Gasteiger partial charge in [0, 0.05) is 23.8 Å². The molecule has 0 N–H and O–H groups in total. The zero-order valence-corrected chi connectivity index (χ0v) is 19.1. The predicted octanol–water partition coefficient (Wildman–Crippen LogP) is 5.56. The number of aliphatic imine (C=N–C) groups is 1. The van der Waals surface area contributed by atoms with Crippen molar-refractivity contribution in [2.75, 3.05) is 14.2 Å². The molecule has 3 aromatic rings. The van der Waals surface area contributed by atoms with Crippen molar-refractivity contribution >= 4 is 46.3 Å². The Morgan fingerprint density at radius 3 is 2.69 bits per heavy atom. The zero-order chi connectivity index (χ0) is 22.5. The minimum absolute atomic E-state index is 0.123. The molecule has 0 saturated carbocycles. The topological polar surface area (TPSA) is 64.0 Å². The molecule has 32 heavy (non-hydrogen) atoms. The van der Waals surface area contributed by atoms with Gasteiger partial charge in [-0.2, -0.15) is 0 Å². The molecule has 1 saturated heterocycles. The van der Waals surface area contributed by atoms with Gasteiger partial charge in [0.1, 0.15) is 6.61 Å². The van der Waals surface area contributed by atoms with Gasteiger partial charge in [-0.1, -0.05) is 41.9 Å². The molecule has 0 bridgehead atoms. The van der Waals surface area contributed by atoms with E-state index in [-0.39, 0.29) is 5.91 Å². The van der Waals surface area contributed by atoms with Crippen LogP contribution >= 0.6 is 23.4 Å². The number of benzene rings is 2. The second kappa shape index (κ2) is 9.89. The molecule has 6 nitrogen and oxygen atoms in total. The van der Waals surface area contributed by atoms with Gasteiger partial charge in [-0.05, 0) is 53.7 Å². The molecule has 8 heteroatoms. The molecule has 1 fully saturated rings. The number of aromatic nitrogens is 1.